The number of nitrogens with two attached hydrogens (primary N) is 2. The number of carbonyl (C=O) groups excluding carboxylic acids is 3. The van der Waals surface area contributed by atoms with Gasteiger partial charge in [-0.05, 0) is 36.3 Å². The molecule has 0 saturated heterocycles. The maximum Gasteiger partial charge on any atom is 0.408 e. The highest BCUT2D eigenvalue weighted by molar-refractivity contribution is 5.93. The first-order chi connectivity index (χ1) is 19.5. The van der Waals surface area contributed by atoms with Crippen LogP contribution < -0.4 is 27.4 Å². The lowest BCUT2D eigenvalue weighted by atomic mass is 10.0. The number of nitrogens with zero attached hydrogens (tertiary/aromatic N) is 1. The Morgan fingerprint density at radius 2 is 1.39 bits per heavy atom. The molecule has 8 N–H and O–H groups in total. The van der Waals surface area contributed by atoms with Gasteiger partial charge in [-0.2, -0.15) is 0 Å². The average Bonchev–Trinajstić information content (AvgIpc) is 2.93. The van der Waals surface area contributed by atoms with Crippen molar-refractivity contribution < 1.29 is 29.0 Å². The van der Waals surface area contributed by atoms with Gasteiger partial charge in [-0.1, -0.05) is 74.5 Å². The number of hydrogen-bond acceptors (Lipinski definition) is 6. The third kappa shape index (κ3) is 12.9. The quantitative estimate of drug-likeness (QED) is 0.0998. The van der Waals surface area contributed by atoms with Crippen molar-refractivity contribution in [1.82, 2.24) is 16.0 Å². The van der Waals surface area contributed by atoms with Crippen molar-refractivity contribution in [3.8, 4) is 0 Å². The third-order valence-electron chi connectivity index (χ3n) is 6.00. The van der Waals surface area contributed by atoms with Crippen LogP contribution in [0.3, 0.4) is 0 Å². The van der Waals surface area contributed by atoms with Gasteiger partial charge in [-0.3, -0.25) is 14.6 Å². The predicted octanol–water partition coefficient (Wildman–Crippen LogP) is 1.68. The van der Waals surface area contributed by atoms with Gasteiger partial charge < -0.3 is 37.3 Å². The number of amides is 3. The number of ether oxygens (including phenoxy) is 1. The normalized spacial score (nSPS) is 12.9. The summed E-state index contributed by atoms with van der Waals surface area (Å²) in [6.07, 6.45) is 0.0116. The molecule has 2 aromatic carbocycles. The maximum atomic E-state index is 13.4. The molecule has 0 aliphatic rings. The van der Waals surface area contributed by atoms with Crippen LogP contribution in [0.1, 0.15) is 44.2 Å². The lowest BCUT2D eigenvalue weighted by Crippen LogP contribution is -2.56. The second kappa shape index (κ2) is 17.2. The van der Waals surface area contributed by atoms with Gasteiger partial charge in [0.25, 0.3) is 0 Å². The van der Waals surface area contributed by atoms with E-state index in [1.54, 1.807) is 0 Å². The topological polar surface area (TPSA) is 198 Å². The molecule has 0 aliphatic carbocycles. The summed E-state index contributed by atoms with van der Waals surface area (Å²) in [4.78, 5) is 54.8. The first kappa shape index (κ1) is 32.6. The van der Waals surface area contributed by atoms with Crippen LogP contribution in [0, 0.1) is 5.92 Å². The first-order valence-electron chi connectivity index (χ1n) is 13.4. The van der Waals surface area contributed by atoms with E-state index in [2.05, 4.69) is 20.9 Å². The smallest absolute Gasteiger partial charge is 0.408 e. The number of benzene rings is 2. The zero-order valence-corrected chi connectivity index (χ0v) is 23.4. The summed E-state index contributed by atoms with van der Waals surface area (Å²) in [5.74, 6) is -2.59. The number of aliphatic carboxylic acids is 1. The van der Waals surface area contributed by atoms with Gasteiger partial charge in [-0.25, -0.2) is 9.59 Å². The van der Waals surface area contributed by atoms with Crippen molar-refractivity contribution in [2.24, 2.45) is 22.4 Å². The fraction of sp³-hybridized carbons (Fsp3) is 0.414. The number of hydrogen-bond donors (Lipinski definition) is 6. The molecule has 2 rings (SSSR count). The molecule has 0 aliphatic heterocycles. The fourth-order valence-electron chi connectivity index (χ4n) is 3.97. The van der Waals surface area contributed by atoms with Crippen molar-refractivity contribution in [3.05, 3.63) is 71.8 Å². The van der Waals surface area contributed by atoms with Crippen LogP contribution in [0.5, 0.6) is 0 Å². The van der Waals surface area contributed by atoms with Gasteiger partial charge in [0.1, 0.15) is 24.7 Å². The second-order valence-electron chi connectivity index (χ2n) is 9.99. The third-order valence-corrected chi connectivity index (χ3v) is 6.00. The molecule has 2 aromatic rings. The molecule has 222 valence electrons. The summed E-state index contributed by atoms with van der Waals surface area (Å²) in [5, 5.41) is 17.4. The Bertz CT molecular complexity index is 1150. The Kier molecular flexibility index (Phi) is 13.6. The molecule has 0 saturated carbocycles. The van der Waals surface area contributed by atoms with E-state index in [4.69, 9.17) is 16.2 Å². The Hall–Kier alpha value is -4.61. The number of carboxylic acids is 1. The zero-order valence-electron chi connectivity index (χ0n) is 23.4. The van der Waals surface area contributed by atoms with Gasteiger partial charge in [0.15, 0.2) is 5.96 Å². The number of carbonyl (C=O) groups is 4. The highest BCUT2D eigenvalue weighted by Gasteiger charge is 2.30. The van der Waals surface area contributed by atoms with Crippen molar-refractivity contribution in [2.45, 2.75) is 64.3 Å². The minimum atomic E-state index is -1.22. The number of nitrogens with one attached hydrogen (secondary N) is 3. The number of guanidine groups is 1. The summed E-state index contributed by atoms with van der Waals surface area (Å²) in [6, 6.07) is 14.9. The monoisotopic (exact) mass is 568 g/mol. The minimum absolute atomic E-state index is 0.00688. The van der Waals surface area contributed by atoms with Crippen LogP contribution in [0.4, 0.5) is 4.79 Å². The molecule has 3 amide bonds. The zero-order chi connectivity index (χ0) is 30.2. The Morgan fingerprint density at radius 1 is 0.829 bits per heavy atom. The molecule has 0 unspecified atom stereocenters. The summed E-state index contributed by atoms with van der Waals surface area (Å²) in [7, 11) is 0. The van der Waals surface area contributed by atoms with Crippen molar-refractivity contribution in [2.75, 3.05) is 6.54 Å². The van der Waals surface area contributed by atoms with E-state index in [1.807, 2.05) is 74.5 Å². The van der Waals surface area contributed by atoms with Crippen LogP contribution in [0.25, 0.3) is 0 Å². The fourth-order valence-corrected chi connectivity index (χ4v) is 3.97. The number of aliphatic imine (C=N–C) groups is 1. The lowest BCUT2D eigenvalue weighted by molar-refractivity contribution is -0.142. The predicted molar refractivity (Wildman–Crippen MR) is 155 cm³/mol. The molecule has 0 radical (unpaired) electrons. The molecule has 3 atom stereocenters. The SMILES string of the molecule is CC(C)C[C@H](NC(=O)[C@H](Cc1ccccc1)NC(=O)OCc1ccccc1)C(=O)N[C@@H](CCCN=C(N)N)C(=O)O. The maximum absolute atomic E-state index is 13.4. The molecule has 0 heterocycles. The summed E-state index contributed by atoms with van der Waals surface area (Å²) in [6.45, 7) is 3.97. The van der Waals surface area contributed by atoms with Gasteiger partial charge in [0.05, 0.1) is 0 Å². The van der Waals surface area contributed by atoms with Crippen LogP contribution in [-0.4, -0.2) is 59.6 Å². The van der Waals surface area contributed by atoms with Crippen LogP contribution >= 0.6 is 0 Å². The Morgan fingerprint density at radius 3 is 1.95 bits per heavy atom. The van der Waals surface area contributed by atoms with E-state index in [1.165, 1.54) is 0 Å². The largest absolute Gasteiger partial charge is 0.480 e. The molecule has 0 aromatic heterocycles. The highest BCUT2D eigenvalue weighted by Crippen LogP contribution is 2.10. The average molecular weight is 569 g/mol. The van der Waals surface area contributed by atoms with E-state index < -0.39 is 42.0 Å². The van der Waals surface area contributed by atoms with E-state index >= 15 is 0 Å². The van der Waals surface area contributed by atoms with Gasteiger partial charge in [-0.15, -0.1) is 0 Å². The van der Waals surface area contributed by atoms with E-state index in [0.717, 1.165) is 11.1 Å². The molecule has 12 nitrogen and oxygen atoms in total. The highest BCUT2D eigenvalue weighted by atomic mass is 16.5. The number of rotatable bonds is 16. The van der Waals surface area contributed by atoms with Gasteiger partial charge in [0, 0.05) is 13.0 Å². The molecular formula is C29H40N6O6. The minimum Gasteiger partial charge on any atom is -0.480 e. The van der Waals surface area contributed by atoms with Gasteiger partial charge >= 0.3 is 12.1 Å². The lowest BCUT2D eigenvalue weighted by Gasteiger charge is -2.25. The molecule has 12 heteroatoms. The summed E-state index contributed by atoms with van der Waals surface area (Å²) < 4.78 is 5.30. The Balaban J connectivity index is 2.13. The second-order valence-corrected chi connectivity index (χ2v) is 9.99. The van der Waals surface area contributed by atoms with Crippen molar-refractivity contribution in [3.63, 3.8) is 0 Å². The van der Waals surface area contributed by atoms with E-state index in [0.29, 0.717) is 6.42 Å². The van der Waals surface area contributed by atoms with Crippen LogP contribution in [0.15, 0.2) is 65.7 Å². The standard InChI is InChI=1S/C29H40N6O6/c1-19(2)16-23(25(36)33-22(27(38)39)14-9-15-32-28(30)31)34-26(37)24(17-20-10-5-3-6-11-20)35-29(40)41-18-21-12-7-4-8-13-21/h3-8,10-13,19,22-24H,9,14-18H2,1-2H3,(H,33,36)(H,34,37)(H,35,40)(H,38,39)(H4,30,31,32)/t22-,23-,24-/m0/s1. The van der Waals surface area contributed by atoms with E-state index in [9.17, 15) is 24.3 Å². The molecular weight excluding hydrogens is 528 g/mol. The van der Waals surface area contributed by atoms with E-state index in [-0.39, 0.29) is 44.3 Å². The first-order valence-corrected chi connectivity index (χ1v) is 13.4. The van der Waals surface area contributed by atoms with Gasteiger partial charge in [0.2, 0.25) is 11.8 Å². The molecule has 41 heavy (non-hydrogen) atoms. The molecule has 0 bridgehead atoms. The van der Waals surface area contributed by atoms with Crippen LogP contribution in [-0.2, 0) is 32.1 Å². The number of carboxylic acid groups (broad SMARTS) is 1. The Labute approximate surface area is 239 Å². The van der Waals surface area contributed by atoms with Crippen LogP contribution in [0.2, 0.25) is 0 Å². The molecule has 0 fully saturated rings. The summed E-state index contributed by atoms with van der Waals surface area (Å²) >= 11 is 0. The summed E-state index contributed by atoms with van der Waals surface area (Å²) in [5.41, 5.74) is 12.2. The van der Waals surface area contributed by atoms with Crippen molar-refractivity contribution in [1.29, 1.82) is 0 Å². The number of alkyl carbamates (subject to hydrolysis) is 1. The molecule has 0 spiro atoms. The van der Waals surface area contributed by atoms with Crippen molar-refractivity contribution >= 4 is 29.8 Å².